The maximum absolute atomic E-state index is 12.7. The fraction of sp³-hybridized carbons (Fsp3) is 0.526. The van der Waals surface area contributed by atoms with E-state index in [4.69, 9.17) is 4.74 Å². The molecule has 2 heterocycles. The van der Waals surface area contributed by atoms with Crippen LogP contribution in [0.25, 0.3) is 0 Å². The highest BCUT2D eigenvalue weighted by atomic mass is 16.5. The highest BCUT2D eigenvalue weighted by Crippen LogP contribution is 2.22. The zero-order valence-corrected chi connectivity index (χ0v) is 15.1. The molecule has 2 aliphatic heterocycles. The van der Waals surface area contributed by atoms with Gasteiger partial charge in [-0.15, -0.1) is 0 Å². The van der Waals surface area contributed by atoms with Gasteiger partial charge in [-0.05, 0) is 37.1 Å². The molecule has 7 heteroatoms. The van der Waals surface area contributed by atoms with Gasteiger partial charge in [-0.25, -0.2) is 0 Å². The van der Waals surface area contributed by atoms with Crippen molar-refractivity contribution in [2.24, 2.45) is 5.92 Å². The van der Waals surface area contributed by atoms with E-state index in [1.807, 2.05) is 9.80 Å². The Balaban J connectivity index is 1.51. The maximum Gasteiger partial charge on any atom is 0.253 e. The molecular weight excluding hydrogens is 334 g/mol. The molecule has 0 aliphatic carbocycles. The molecule has 0 radical (unpaired) electrons. The predicted octanol–water partition coefficient (Wildman–Crippen LogP) is 0.848. The van der Waals surface area contributed by atoms with Gasteiger partial charge in [0.05, 0.1) is 7.11 Å². The second-order valence-electron chi connectivity index (χ2n) is 6.76. The van der Waals surface area contributed by atoms with E-state index in [9.17, 15) is 14.4 Å². The van der Waals surface area contributed by atoms with Crippen LogP contribution in [0.2, 0.25) is 0 Å². The molecule has 1 aromatic carbocycles. The van der Waals surface area contributed by atoms with Gasteiger partial charge in [-0.2, -0.15) is 0 Å². The van der Waals surface area contributed by atoms with Gasteiger partial charge in [0.25, 0.3) is 5.91 Å². The van der Waals surface area contributed by atoms with Gasteiger partial charge in [0.1, 0.15) is 5.75 Å². The molecule has 3 rings (SSSR count). The van der Waals surface area contributed by atoms with Crippen molar-refractivity contribution in [1.82, 2.24) is 14.7 Å². The summed E-state index contributed by atoms with van der Waals surface area (Å²) < 4.78 is 5.12. The van der Waals surface area contributed by atoms with Crippen LogP contribution in [0.15, 0.2) is 24.3 Å². The number of carbonyl (C=O) groups excluding carboxylic acids is 3. The van der Waals surface area contributed by atoms with Crippen molar-refractivity contribution in [1.29, 1.82) is 0 Å². The van der Waals surface area contributed by atoms with Crippen LogP contribution in [0.5, 0.6) is 5.75 Å². The number of hydrogen-bond acceptors (Lipinski definition) is 4. The van der Waals surface area contributed by atoms with Crippen molar-refractivity contribution in [3.05, 3.63) is 29.8 Å². The molecule has 0 unspecified atom stereocenters. The molecule has 2 aliphatic rings. The molecule has 0 saturated carbocycles. The van der Waals surface area contributed by atoms with Gasteiger partial charge < -0.3 is 19.4 Å². The Labute approximate surface area is 153 Å². The van der Waals surface area contributed by atoms with Crippen molar-refractivity contribution in [3.8, 4) is 5.75 Å². The van der Waals surface area contributed by atoms with Crippen LogP contribution in [0.4, 0.5) is 0 Å². The second-order valence-corrected chi connectivity index (χ2v) is 6.76. The van der Waals surface area contributed by atoms with E-state index in [2.05, 4.69) is 0 Å². The topological polar surface area (TPSA) is 70.2 Å². The Morgan fingerprint density at radius 2 is 1.58 bits per heavy atom. The molecule has 7 nitrogen and oxygen atoms in total. The minimum Gasteiger partial charge on any atom is -0.497 e. The first-order valence-corrected chi connectivity index (χ1v) is 9.04. The van der Waals surface area contributed by atoms with Gasteiger partial charge in [-0.1, -0.05) is 0 Å². The number of carbonyl (C=O) groups is 3. The summed E-state index contributed by atoms with van der Waals surface area (Å²) in [6, 6.07) is 7.10. The van der Waals surface area contributed by atoms with E-state index in [0.29, 0.717) is 57.7 Å². The third-order valence-electron chi connectivity index (χ3n) is 5.24. The lowest BCUT2D eigenvalue weighted by molar-refractivity contribution is -0.140. The Morgan fingerprint density at radius 3 is 2.12 bits per heavy atom. The molecule has 26 heavy (non-hydrogen) atoms. The van der Waals surface area contributed by atoms with E-state index >= 15 is 0 Å². The Hall–Kier alpha value is -2.57. The van der Waals surface area contributed by atoms with Crippen LogP contribution in [0.1, 0.15) is 23.2 Å². The van der Waals surface area contributed by atoms with Crippen LogP contribution in [-0.4, -0.2) is 79.3 Å². The second kappa shape index (κ2) is 8.21. The number of amides is 3. The normalized spacial score (nSPS) is 18.6. The van der Waals surface area contributed by atoms with Crippen LogP contribution in [0, 0.1) is 5.92 Å². The maximum atomic E-state index is 12.7. The number of ether oxygens (including phenoxy) is 1. The molecule has 0 N–H and O–H groups in total. The number of methoxy groups -OCH3 is 1. The summed E-state index contributed by atoms with van der Waals surface area (Å²) in [6.45, 7) is 3.59. The number of nitrogens with zero attached hydrogens (tertiary/aromatic N) is 3. The number of piperidine rings is 1. The molecule has 2 saturated heterocycles. The molecule has 0 bridgehead atoms. The molecular formula is C19H25N3O4. The van der Waals surface area contributed by atoms with Crippen LogP contribution in [-0.2, 0) is 9.59 Å². The third kappa shape index (κ3) is 3.98. The standard InChI is InChI=1S/C19H25N3O4/c1-26-17-4-2-15(3-5-17)18(24)21-8-6-16(7-9-21)19(25)22-12-10-20(14-23)11-13-22/h2-5,14,16H,6-13H2,1H3. The summed E-state index contributed by atoms with van der Waals surface area (Å²) >= 11 is 0. The summed E-state index contributed by atoms with van der Waals surface area (Å²) in [7, 11) is 1.59. The smallest absolute Gasteiger partial charge is 0.253 e. The molecule has 1 aromatic rings. The summed E-state index contributed by atoms with van der Waals surface area (Å²) in [5.41, 5.74) is 0.639. The molecule has 2 fully saturated rings. The third-order valence-corrected chi connectivity index (χ3v) is 5.24. The zero-order valence-electron chi connectivity index (χ0n) is 15.1. The highest BCUT2D eigenvalue weighted by molar-refractivity contribution is 5.94. The van der Waals surface area contributed by atoms with Crippen molar-refractivity contribution in [2.75, 3.05) is 46.4 Å². The van der Waals surface area contributed by atoms with Gasteiger partial charge in [0, 0.05) is 50.7 Å². The van der Waals surface area contributed by atoms with E-state index in [-0.39, 0.29) is 17.7 Å². The Bertz CT molecular complexity index is 645. The number of piperazine rings is 1. The lowest BCUT2D eigenvalue weighted by atomic mass is 9.94. The molecule has 140 valence electrons. The summed E-state index contributed by atoms with van der Waals surface area (Å²) in [4.78, 5) is 41.4. The first-order chi connectivity index (χ1) is 12.6. The summed E-state index contributed by atoms with van der Waals surface area (Å²) in [5, 5.41) is 0. The number of hydrogen-bond donors (Lipinski definition) is 0. The van der Waals surface area contributed by atoms with Crippen LogP contribution < -0.4 is 4.74 Å². The van der Waals surface area contributed by atoms with E-state index < -0.39 is 0 Å². The zero-order chi connectivity index (χ0) is 18.5. The lowest BCUT2D eigenvalue weighted by Gasteiger charge is -2.37. The van der Waals surface area contributed by atoms with E-state index in [1.165, 1.54) is 0 Å². The fourth-order valence-electron chi connectivity index (χ4n) is 3.55. The van der Waals surface area contributed by atoms with Gasteiger partial charge in [0.15, 0.2) is 0 Å². The number of likely N-dealkylation sites (tertiary alicyclic amines) is 1. The van der Waals surface area contributed by atoms with E-state index in [0.717, 1.165) is 12.2 Å². The molecule has 3 amide bonds. The average molecular weight is 359 g/mol. The molecule has 0 aromatic heterocycles. The average Bonchev–Trinajstić information content (AvgIpc) is 2.73. The van der Waals surface area contributed by atoms with Gasteiger partial charge in [-0.3, -0.25) is 14.4 Å². The Kier molecular flexibility index (Phi) is 5.75. The minimum atomic E-state index is -0.0299. The predicted molar refractivity (Wildman–Crippen MR) is 95.8 cm³/mol. The first-order valence-electron chi connectivity index (χ1n) is 9.04. The monoisotopic (exact) mass is 359 g/mol. The fourth-order valence-corrected chi connectivity index (χ4v) is 3.55. The van der Waals surface area contributed by atoms with Crippen molar-refractivity contribution < 1.29 is 19.1 Å². The molecule has 0 atom stereocenters. The quantitative estimate of drug-likeness (QED) is 0.748. The van der Waals surface area contributed by atoms with Crippen molar-refractivity contribution in [2.45, 2.75) is 12.8 Å². The van der Waals surface area contributed by atoms with Gasteiger partial charge >= 0.3 is 0 Å². The number of benzene rings is 1. The van der Waals surface area contributed by atoms with Gasteiger partial charge in [0.2, 0.25) is 12.3 Å². The van der Waals surface area contributed by atoms with Crippen LogP contribution in [0.3, 0.4) is 0 Å². The van der Waals surface area contributed by atoms with Crippen molar-refractivity contribution in [3.63, 3.8) is 0 Å². The summed E-state index contributed by atoms with van der Waals surface area (Å²) in [6.07, 6.45) is 2.22. The largest absolute Gasteiger partial charge is 0.497 e. The van der Waals surface area contributed by atoms with Crippen molar-refractivity contribution >= 4 is 18.2 Å². The van der Waals surface area contributed by atoms with Crippen LogP contribution >= 0.6 is 0 Å². The van der Waals surface area contributed by atoms with E-state index in [1.54, 1.807) is 36.3 Å². The lowest BCUT2D eigenvalue weighted by Crippen LogP contribution is -2.51. The SMILES string of the molecule is COc1ccc(C(=O)N2CCC(C(=O)N3CCN(C=O)CC3)CC2)cc1. The molecule has 0 spiro atoms. The summed E-state index contributed by atoms with van der Waals surface area (Å²) in [5.74, 6) is 0.850. The first kappa shape index (κ1) is 18.2. The number of rotatable bonds is 4. The highest BCUT2D eigenvalue weighted by Gasteiger charge is 2.31. The Morgan fingerprint density at radius 1 is 0.962 bits per heavy atom. The minimum absolute atomic E-state index is 0.00171.